The van der Waals surface area contributed by atoms with Crippen molar-refractivity contribution in [1.82, 2.24) is 9.24 Å². The Labute approximate surface area is 108 Å². The number of thioether (sulfide) groups is 1. The Hall–Kier alpha value is -1.57. The Bertz CT molecular complexity index is 541. The van der Waals surface area contributed by atoms with E-state index in [1.165, 1.54) is 16.3 Å². The smallest absolute Gasteiger partial charge is 0.427 e. The van der Waals surface area contributed by atoms with Gasteiger partial charge in [0, 0.05) is 12.3 Å². The standard InChI is InChI=1S/C10H15N3O4S/c1-10(2,3)17-8(15)11-13-6(14)7-12(9(13)16)4-5-18-7/h14H,4-5H2,1-3H3,(H,11,15). The molecule has 2 N–H and O–H groups in total. The number of nitrogens with zero attached hydrogens (tertiary/aromatic N) is 2. The number of fused-ring (bicyclic) bond motifs is 1. The fourth-order valence-electron chi connectivity index (χ4n) is 1.58. The second-order valence-corrected chi connectivity index (χ2v) is 5.94. The summed E-state index contributed by atoms with van der Waals surface area (Å²) >= 11 is 1.37. The number of hydrogen-bond donors (Lipinski definition) is 2. The molecule has 100 valence electrons. The Kier molecular flexibility index (Phi) is 3.05. The van der Waals surface area contributed by atoms with Crippen LogP contribution in [0.5, 0.6) is 5.88 Å². The topological polar surface area (TPSA) is 85.5 Å². The third-order valence-electron chi connectivity index (χ3n) is 2.23. The fraction of sp³-hybridized carbons (Fsp3) is 0.600. The molecule has 0 unspecified atom stereocenters. The van der Waals surface area contributed by atoms with Gasteiger partial charge in [0.2, 0.25) is 5.88 Å². The van der Waals surface area contributed by atoms with Crippen LogP contribution < -0.4 is 11.1 Å². The van der Waals surface area contributed by atoms with Gasteiger partial charge >= 0.3 is 11.8 Å². The summed E-state index contributed by atoms with van der Waals surface area (Å²) in [5.41, 5.74) is 1.08. The van der Waals surface area contributed by atoms with E-state index in [0.717, 1.165) is 10.4 Å². The largest absolute Gasteiger partial charge is 0.491 e. The van der Waals surface area contributed by atoms with Crippen LogP contribution in [0.1, 0.15) is 20.8 Å². The number of ether oxygens (including phenoxy) is 1. The molecule has 0 bridgehead atoms. The molecule has 0 radical (unpaired) electrons. The Morgan fingerprint density at radius 3 is 2.72 bits per heavy atom. The van der Waals surface area contributed by atoms with Crippen molar-refractivity contribution in [2.75, 3.05) is 11.2 Å². The van der Waals surface area contributed by atoms with E-state index in [2.05, 4.69) is 5.43 Å². The molecule has 7 nitrogen and oxygen atoms in total. The molecule has 0 aliphatic carbocycles. The van der Waals surface area contributed by atoms with Gasteiger partial charge in [-0.25, -0.2) is 15.0 Å². The molecule has 0 saturated heterocycles. The molecule has 2 rings (SSSR count). The van der Waals surface area contributed by atoms with Gasteiger partial charge in [-0.15, -0.1) is 11.8 Å². The first kappa shape index (κ1) is 12.9. The first-order valence-electron chi connectivity index (χ1n) is 5.47. The minimum atomic E-state index is -0.783. The maximum atomic E-state index is 11.9. The molecule has 1 aromatic heterocycles. The van der Waals surface area contributed by atoms with Crippen LogP contribution in [0.2, 0.25) is 0 Å². The van der Waals surface area contributed by atoms with Gasteiger partial charge in [-0.05, 0) is 20.8 Å². The van der Waals surface area contributed by atoms with E-state index in [-0.39, 0.29) is 5.88 Å². The number of carbonyl (C=O) groups is 1. The maximum Gasteiger partial charge on any atom is 0.427 e. The highest BCUT2D eigenvalue weighted by Gasteiger charge is 2.26. The molecule has 1 aromatic rings. The van der Waals surface area contributed by atoms with Crippen LogP contribution in [0.15, 0.2) is 9.82 Å². The molecular formula is C10H15N3O4S. The van der Waals surface area contributed by atoms with Crippen molar-refractivity contribution in [3.8, 4) is 5.88 Å². The molecule has 0 aromatic carbocycles. The van der Waals surface area contributed by atoms with Gasteiger partial charge in [0.1, 0.15) is 10.6 Å². The first-order valence-corrected chi connectivity index (χ1v) is 6.45. The molecule has 2 heterocycles. The number of amides is 1. The Morgan fingerprint density at radius 2 is 2.17 bits per heavy atom. The van der Waals surface area contributed by atoms with Crippen molar-refractivity contribution in [2.24, 2.45) is 0 Å². The summed E-state index contributed by atoms with van der Waals surface area (Å²) < 4.78 is 7.23. The van der Waals surface area contributed by atoms with Crippen LogP contribution in [0.25, 0.3) is 0 Å². The quantitative estimate of drug-likeness (QED) is 0.795. The van der Waals surface area contributed by atoms with Gasteiger partial charge in [0.05, 0.1) is 0 Å². The molecule has 18 heavy (non-hydrogen) atoms. The highest BCUT2D eigenvalue weighted by Crippen LogP contribution is 2.31. The maximum absolute atomic E-state index is 11.9. The lowest BCUT2D eigenvalue weighted by Gasteiger charge is -2.19. The molecule has 1 aliphatic rings. The number of aromatic nitrogens is 2. The lowest BCUT2D eigenvalue weighted by molar-refractivity contribution is 0.0609. The normalized spacial score (nSPS) is 14.4. The van der Waals surface area contributed by atoms with Crippen molar-refractivity contribution < 1.29 is 14.6 Å². The van der Waals surface area contributed by atoms with Gasteiger partial charge in [0.15, 0.2) is 0 Å². The lowest BCUT2D eigenvalue weighted by atomic mass is 10.2. The molecule has 0 fully saturated rings. The van der Waals surface area contributed by atoms with Crippen molar-refractivity contribution in [2.45, 2.75) is 37.9 Å². The molecule has 0 spiro atoms. The van der Waals surface area contributed by atoms with E-state index < -0.39 is 17.4 Å². The van der Waals surface area contributed by atoms with Crippen molar-refractivity contribution in [3.05, 3.63) is 10.5 Å². The average Bonchev–Trinajstić information content (AvgIpc) is 2.76. The zero-order valence-corrected chi connectivity index (χ0v) is 11.2. The zero-order valence-electron chi connectivity index (χ0n) is 10.4. The number of nitrogens with one attached hydrogen (secondary N) is 1. The fourth-order valence-corrected chi connectivity index (χ4v) is 2.59. The van der Waals surface area contributed by atoms with Crippen molar-refractivity contribution >= 4 is 17.9 Å². The Morgan fingerprint density at radius 1 is 1.50 bits per heavy atom. The van der Waals surface area contributed by atoms with E-state index in [4.69, 9.17) is 4.74 Å². The second-order valence-electron chi connectivity index (χ2n) is 4.86. The Balaban J connectivity index is 2.21. The van der Waals surface area contributed by atoms with E-state index in [1.54, 1.807) is 20.8 Å². The second kappa shape index (κ2) is 4.27. The predicted octanol–water partition coefficient (Wildman–Crippen LogP) is 0.940. The third kappa shape index (κ3) is 2.33. The zero-order chi connectivity index (χ0) is 13.5. The highest BCUT2D eigenvalue weighted by molar-refractivity contribution is 7.99. The summed E-state index contributed by atoms with van der Waals surface area (Å²) in [4.78, 5) is 23.4. The number of imidazole rings is 1. The summed E-state index contributed by atoms with van der Waals surface area (Å²) in [5.74, 6) is 0.485. The van der Waals surface area contributed by atoms with Crippen LogP contribution in [-0.2, 0) is 11.3 Å². The summed E-state index contributed by atoms with van der Waals surface area (Å²) in [5, 5.41) is 10.3. The van der Waals surface area contributed by atoms with E-state index in [9.17, 15) is 14.7 Å². The molecule has 8 heteroatoms. The summed E-state index contributed by atoms with van der Waals surface area (Å²) in [6.07, 6.45) is -0.783. The van der Waals surface area contributed by atoms with Gasteiger partial charge in [-0.3, -0.25) is 4.57 Å². The van der Waals surface area contributed by atoms with Gasteiger partial charge < -0.3 is 9.84 Å². The lowest BCUT2D eigenvalue weighted by Crippen LogP contribution is -2.37. The van der Waals surface area contributed by atoms with Crippen molar-refractivity contribution in [3.63, 3.8) is 0 Å². The minimum Gasteiger partial charge on any atom is -0.491 e. The summed E-state index contributed by atoms with van der Waals surface area (Å²) in [6.45, 7) is 5.66. The van der Waals surface area contributed by atoms with E-state index >= 15 is 0 Å². The van der Waals surface area contributed by atoms with Crippen LogP contribution in [-0.4, -0.2) is 31.8 Å². The SMILES string of the molecule is CC(C)(C)OC(=O)Nn1c(O)c2n(c1=O)CCS2. The predicted molar refractivity (Wildman–Crippen MR) is 66.7 cm³/mol. The van der Waals surface area contributed by atoms with Crippen LogP contribution in [0.3, 0.4) is 0 Å². The molecule has 0 saturated carbocycles. The number of carbonyl (C=O) groups excluding carboxylic acids is 1. The number of aromatic hydroxyl groups is 1. The van der Waals surface area contributed by atoms with Gasteiger partial charge in [-0.1, -0.05) is 0 Å². The monoisotopic (exact) mass is 273 g/mol. The first-order chi connectivity index (χ1) is 8.29. The average molecular weight is 273 g/mol. The summed E-state index contributed by atoms with van der Waals surface area (Å²) in [7, 11) is 0. The van der Waals surface area contributed by atoms with Gasteiger partial charge in [0.25, 0.3) is 0 Å². The molecule has 1 amide bonds. The van der Waals surface area contributed by atoms with E-state index in [1.807, 2.05) is 0 Å². The van der Waals surface area contributed by atoms with Crippen molar-refractivity contribution in [1.29, 1.82) is 0 Å². The number of rotatable bonds is 1. The number of hydrogen-bond acceptors (Lipinski definition) is 5. The molecule has 1 aliphatic heterocycles. The van der Waals surface area contributed by atoms with Crippen LogP contribution >= 0.6 is 11.8 Å². The minimum absolute atomic E-state index is 0.256. The van der Waals surface area contributed by atoms with Gasteiger partial charge in [-0.2, -0.15) is 4.68 Å². The van der Waals surface area contributed by atoms with E-state index in [0.29, 0.717) is 11.6 Å². The third-order valence-corrected chi connectivity index (χ3v) is 3.29. The molecule has 0 atom stereocenters. The summed E-state index contributed by atoms with van der Waals surface area (Å²) in [6, 6.07) is 0. The highest BCUT2D eigenvalue weighted by atomic mass is 32.2. The van der Waals surface area contributed by atoms with Crippen LogP contribution in [0.4, 0.5) is 4.79 Å². The molecular weight excluding hydrogens is 258 g/mol. The van der Waals surface area contributed by atoms with Crippen LogP contribution in [0, 0.1) is 0 Å².